The molecule has 1 saturated carbocycles. The highest BCUT2D eigenvalue weighted by Gasteiger charge is 2.47. The molecule has 0 aromatic heterocycles. The average Bonchev–Trinajstić information content (AvgIpc) is 3.03. The van der Waals surface area contributed by atoms with Gasteiger partial charge >= 0.3 is 5.97 Å². The molecule has 0 bridgehead atoms. The number of hydrogen-bond acceptors (Lipinski definition) is 4. The maximum absolute atomic E-state index is 12.2. The summed E-state index contributed by atoms with van der Waals surface area (Å²) in [5.74, 6) is -1.00. The first kappa shape index (κ1) is 11.5. The molecule has 1 aliphatic carbocycles. The lowest BCUT2D eigenvalue weighted by Gasteiger charge is -2.20. The lowest BCUT2D eigenvalue weighted by molar-refractivity contribution is -0.135. The monoisotopic (exact) mass is 252 g/mol. The van der Waals surface area contributed by atoms with Gasteiger partial charge in [0.2, 0.25) is 5.91 Å². The van der Waals surface area contributed by atoms with E-state index >= 15 is 0 Å². The van der Waals surface area contributed by atoms with Crippen molar-refractivity contribution in [2.45, 2.75) is 31.8 Å². The SMILES string of the molecule is O=C(O)C1=NOC2CN(C(=O)C3CCCC3)CC12. The van der Waals surface area contributed by atoms with Crippen molar-refractivity contribution in [2.75, 3.05) is 13.1 Å². The largest absolute Gasteiger partial charge is 0.477 e. The maximum atomic E-state index is 12.2. The zero-order valence-electron chi connectivity index (χ0n) is 10.0. The molecule has 0 radical (unpaired) electrons. The van der Waals surface area contributed by atoms with E-state index in [-0.39, 0.29) is 29.6 Å². The van der Waals surface area contributed by atoms with E-state index in [9.17, 15) is 9.59 Å². The molecule has 6 heteroatoms. The molecule has 0 spiro atoms. The number of oxime groups is 1. The fourth-order valence-electron chi connectivity index (χ4n) is 3.14. The zero-order chi connectivity index (χ0) is 12.7. The van der Waals surface area contributed by atoms with E-state index in [1.807, 2.05) is 0 Å². The van der Waals surface area contributed by atoms with E-state index in [0.29, 0.717) is 13.1 Å². The molecule has 2 atom stereocenters. The predicted molar refractivity (Wildman–Crippen MR) is 62.0 cm³/mol. The van der Waals surface area contributed by atoms with Gasteiger partial charge in [-0.05, 0) is 12.8 Å². The molecule has 3 aliphatic rings. The summed E-state index contributed by atoms with van der Waals surface area (Å²) in [6.45, 7) is 0.908. The number of carbonyl (C=O) groups is 2. The van der Waals surface area contributed by atoms with E-state index in [4.69, 9.17) is 9.94 Å². The van der Waals surface area contributed by atoms with E-state index < -0.39 is 5.97 Å². The number of carboxylic acids is 1. The Bertz CT molecular complexity index is 414. The van der Waals surface area contributed by atoms with Crippen molar-refractivity contribution in [2.24, 2.45) is 17.0 Å². The molecule has 2 fully saturated rings. The number of likely N-dealkylation sites (tertiary alicyclic amines) is 1. The van der Waals surface area contributed by atoms with Gasteiger partial charge in [0.1, 0.15) is 0 Å². The lowest BCUT2D eigenvalue weighted by atomic mass is 10.0. The molecule has 1 saturated heterocycles. The van der Waals surface area contributed by atoms with Crippen LogP contribution in [0.2, 0.25) is 0 Å². The number of rotatable bonds is 2. The van der Waals surface area contributed by atoms with Gasteiger partial charge in [0, 0.05) is 12.5 Å². The first-order chi connectivity index (χ1) is 8.66. The molecule has 6 nitrogen and oxygen atoms in total. The summed E-state index contributed by atoms with van der Waals surface area (Å²) in [5, 5.41) is 12.6. The van der Waals surface area contributed by atoms with Gasteiger partial charge in [-0.3, -0.25) is 4.79 Å². The highest BCUT2D eigenvalue weighted by molar-refractivity contribution is 6.37. The van der Waals surface area contributed by atoms with Crippen LogP contribution >= 0.6 is 0 Å². The second kappa shape index (κ2) is 4.26. The van der Waals surface area contributed by atoms with Crippen molar-refractivity contribution in [3.63, 3.8) is 0 Å². The second-order valence-electron chi connectivity index (χ2n) is 5.26. The molecule has 0 aromatic rings. The molecular formula is C12H16N2O4. The molecule has 2 aliphatic heterocycles. The van der Waals surface area contributed by atoms with Crippen molar-refractivity contribution in [3.05, 3.63) is 0 Å². The van der Waals surface area contributed by atoms with Gasteiger partial charge in [0.15, 0.2) is 11.8 Å². The first-order valence-corrected chi connectivity index (χ1v) is 6.42. The van der Waals surface area contributed by atoms with Gasteiger partial charge in [0.25, 0.3) is 0 Å². The van der Waals surface area contributed by atoms with Crippen LogP contribution < -0.4 is 0 Å². The van der Waals surface area contributed by atoms with Crippen molar-refractivity contribution in [1.29, 1.82) is 0 Å². The molecule has 2 heterocycles. The second-order valence-corrected chi connectivity index (χ2v) is 5.26. The number of aliphatic carboxylic acids is 1. The molecule has 3 rings (SSSR count). The minimum atomic E-state index is -1.04. The van der Waals surface area contributed by atoms with Gasteiger partial charge in [-0.1, -0.05) is 18.0 Å². The van der Waals surface area contributed by atoms with E-state index in [2.05, 4.69) is 5.16 Å². The predicted octanol–water partition coefficient (Wildman–Crippen LogP) is 0.474. The van der Waals surface area contributed by atoms with Crippen molar-refractivity contribution in [3.8, 4) is 0 Å². The van der Waals surface area contributed by atoms with Crippen LogP contribution in [0.4, 0.5) is 0 Å². The number of fused-ring (bicyclic) bond motifs is 1. The zero-order valence-corrected chi connectivity index (χ0v) is 10.0. The Morgan fingerprint density at radius 2 is 2.00 bits per heavy atom. The Kier molecular flexibility index (Phi) is 2.72. The van der Waals surface area contributed by atoms with Crippen LogP contribution in [-0.2, 0) is 14.4 Å². The third-order valence-electron chi connectivity index (χ3n) is 4.14. The minimum Gasteiger partial charge on any atom is -0.477 e. The normalized spacial score (nSPS) is 31.1. The highest BCUT2D eigenvalue weighted by atomic mass is 16.6. The maximum Gasteiger partial charge on any atom is 0.354 e. The fraction of sp³-hybridized carbons (Fsp3) is 0.750. The molecule has 1 N–H and O–H groups in total. The summed E-state index contributed by atoms with van der Waals surface area (Å²) < 4.78 is 0. The third-order valence-corrected chi connectivity index (χ3v) is 4.14. The summed E-state index contributed by atoms with van der Waals surface area (Å²) >= 11 is 0. The summed E-state index contributed by atoms with van der Waals surface area (Å²) in [4.78, 5) is 30.1. The number of amides is 1. The minimum absolute atomic E-state index is 0.0571. The van der Waals surface area contributed by atoms with Gasteiger partial charge in [-0.15, -0.1) is 0 Å². The summed E-state index contributed by atoms with van der Waals surface area (Å²) in [6, 6.07) is 0. The van der Waals surface area contributed by atoms with Crippen LogP contribution in [0.3, 0.4) is 0 Å². The van der Waals surface area contributed by atoms with Crippen molar-refractivity contribution >= 4 is 17.6 Å². The van der Waals surface area contributed by atoms with E-state index in [1.54, 1.807) is 4.90 Å². The Labute approximate surface area is 105 Å². The van der Waals surface area contributed by atoms with E-state index in [0.717, 1.165) is 25.7 Å². The van der Waals surface area contributed by atoms with Gasteiger partial charge in [-0.2, -0.15) is 0 Å². The number of carbonyl (C=O) groups excluding carboxylic acids is 1. The standard InChI is InChI=1S/C12H16N2O4/c15-11(7-3-1-2-4-7)14-5-8-9(6-14)18-13-10(8)12(16)17/h7-9H,1-6H2,(H,16,17). The highest BCUT2D eigenvalue weighted by Crippen LogP contribution is 2.32. The Morgan fingerprint density at radius 3 is 2.67 bits per heavy atom. The van der Waals surface area contributed by atoms with Crippen molar-refractivity contribution in [1.82, 2.24) is 4.90 Å². The van der Waals surface area contributed by atoms with Crippen LogP contribution in [0.25, 0.3) is 0 Å². The number of hydrogen-bond donors (Lipinski definition) is 1. The summed E-state index contributed by atoms with van der Waals surface area (Å²) in [6.07, 6.45) is 3.91. The Balaban J connectivity index is 1.67. The molecule has 0 aromatic carbocycles. The molecule has 98 valence electrons. The van der Waals surface area contributed by atoms with Crippen LogP contribution in [0.5, 0.6) is 0 Å². The fourth-order valence-corrected chi connectivity index (χ4v) is 3.14. The molecule has 1 amide bonds. The van der Waals surface area contributed by atoms with E-state index in [1.165, 1.54) is 0 Å². The third kappa shape index (κ3) is 1.76. The van der Waals surface area contributed by atoms with Crippen LogP contribution in [-0.4, -0.2) is 46.8 Å². The van der Waals surface area contributed by atoms with Crippen LogP contribution in [0.15, 0.2) is 5.16 Å². The molecular weight excluding hydrogens is 236 g/mol. The smallest absolute Gasteiger partial charge is 0.354 e. The Morgan fingerprint density at radius 1 is 1.28 bits per heavy atom. The van der Waals surface area contributed by atoms with Crippen LogP contribution in [0, 0.1) is 11.8 Å². The van der Waals surface area contributed by atoms with Gasteiger partial charge < -0.3 is 14.8 Å². The Hall–Kier alpha value is -1.59. The van der Waals surface area contributed by atoms with Crippen molar-refractivity contribution < 1.29 is 19.5 Å². The quantitative estimate of drug-likeness (QED) is 0.775. The lowest BCUT2D eigenvalue weighted by Crippen LogP contribution is -2.35. The number of nitrogens with zero attached hydrogens (tertiary/aromatic N) is 2. The summed E-state index contributed by atoms with van der Waals surface area (Å²) in [7, 11) is 0. The van der Waals surface area contributed by atoms with Crippen LogP contribution in [0.1, 0.15) is 25.7 Å². The topological polar surface area (TPSA) is 79.2 Å². The molecule has 2 unspecified atom stereocenters. The average molecular weight is 252 g/mol. The molecule has 18 heavy (non-hydrogen) atoms. The van der Waals surface area contributed by atoms with Gasteiger partial charge in [0.05, 0.1) is 12.5 Å². The first-order valence-electron chi connectivity index (χ1n) is 6.42. The summed E-state index contributed by atoms with van der Waals surface area (Å²) in [5.41, 5.74) is 0.0571. The number of carboxylic acid groups (broad SMARTS) is 1. The van der Waals surface area contributed by atoms with Gasteiger partial charge in [-0.25, -0.2) is 4.79 Å².